The molecule has 0 radical (unpaired) electrons. The number of ether oxygens (including phenoxy) is 1. The molecular formula is C15H19ClN2O3. The molecule has 0 saturated carbocycles. The van der Waals surface area contributed by atoms with Crippen molar-refractivity contribution in [1.82, 2.24) is 5.43 Å². The van der Waals surface area contributed by atoms with Gasteiger partial charge in [-0.25, -0.2) is 5.43 Å². The van der Waals surface area contributed by atoms with Crippen molar-refractivity contribution in [2.24, 2.45) is 11.0 Å². The molecule has 0 aliphatic rings. The van der Waals surface area contributed by atoms with Gasteiger partial charge < -0.3 is 4.74 Å². The van der Waals surface area contributed by atoms with E-state index >= 15 is 0 Å². The van der Waals surface area contributed by atoms with Crippen LogP contribution in [0.15, 0.2) is 29.4 Å². The molecule has 0 heterocycles. The lowest BCUT2D eigenvalue weighted by Gasteiger charge is -2.13. The first-order valence-electron chi connectivity index (χ1n) is 6.76. The molecule has 1 aromatic carbocycles. The average Bonchev–Trinajstić information content (AvgIpc) is 2.46. The Kier molecular flexibility index (Phi) is 6.88. The van der Waals surface area contributed by atoms with Crippen LogP contribution in [0.4, 0.5) is 0 Å². The van der Waals surface area contributed by atoms with Crippen molar-refractivity contribution in [3.8, 4) is 0 Å². The Bertz CT molecular complexity index is 526. The number of rotatable bonds is 6. The van der Waals surface area contributed by atoms with Crippen LogP contribution >= 0.6 is 11.6 Å². The SMILES string of the molecule is CCOC(=O)[C@@H](CC)C(C)=NNC(=O)c1ccc(Cl)cc1. The van der Waals surface area contributed by atoms with Gasteiger partial charge in [-0.1, -0.05) is 18.5 Å². The number of benzene rings is 1. The highest BCUT2D eigenvalue weighted by atomic mass is 35.5. The molecule has 1 rings (SSSR count). The van der Waals surface area contributed by atoms with Gasteiger partial charge in [-0.3, -0.25) is 9.59 Å². The second-order valence-corrected chi connectivity index (χ2v) is 4.85. The summed E-state index contributed by atoms with van der Waals surface area (Å²) in [6.07, 6.45) is 0.560. The van der Waals surface area contributed by atoms with E-state index in [-0.39, 0.29) is 11.9 Å². The summed E-state index contributed by atoms with van der Waals surface area (Å²) in [7, 11) is 0. The third-order valence-electron chi connectivity index (χ3n) is 2.92. The minimum atomic E-state index is -0.449. The number of carbonyl (C=O) groups is 2. The Labute approximate surface area is 129 Å². The van der Waals surface area contributed by atoms with Gasteiger partial charge in [0.1, 0.15) is 0 Å². The Balaban J connectivity index is 2.71. The van der Waals surface area contributed by atoms with E-state index in [0.717, 1.165) is 0 Å². The highest BCUT2D eigenvalue weighted by Crippen LogP contribution is 2.10. The zero-order chi connectivity index (χ0) is 15.8. The van der Waals surface area contributed by atoms with E-state index in [1.54, 1.807) is 38.1 Å². The van der Waals surface area contributed by atoms with Crippen molar-refractivity contribution < 1.29 is 14.3 Å². The Morgan fingerprint density at radius 1 is 1.29 bits per heavy atom. The number of nitrogens with one attached hydrogen (secondary N) is 1. The number of hydrazone groups is 1. The summed E-state index contributed by atoms with van der Waals surface area (Å²) in [5, 5.41) is 4.54. The number of carbonyl (C=O) groups excluding carboxylic acids is 2. The Morgan fingerprint density at radius 2 is 1.90 bits per heavy atom. The van der Waals surface area contributed by atoms with Gasteiger partial charge in [0, 0.05) is 16.3 Å². The van der Waals surface area contributed by atoms with Gasteiger partial charge in [-0.05, 0) is 44.5 Å². The van der Waals surface area contributed by atoms with Crippen LogP contribution in [0.3, 0.4) is 0 Å². The summed E-state index contributed by atoms with van der Waals surface area (Å²) in [6, 6.07) is 6.46. The lowest BCUT2D eigenvalue weighted by atomic mass is 10.0. The van der Waals surface area contributed by atoms with E-state index < -0.39 is 5.92 Å². The van der Waals surface area contributed by atoms with Gasteiger partial charge in [0.05, 0.1) is 12.5 Å². The standard InChI is InChI=1S/C15H19ClN2O3/c1-4-13(15(20)21-5-2)10(3)17-18-14(19)11-6-8-12(16)9-7-11/h6-9,13H,4-5H2,1-3H3,(H,18,19)/t13-/m0/s1. The lowest BCUT2D eigenvalue weighted by Crippen LogP contribution is -2.27. The predicted molar refractivity (Wildman–Crippen MR) is 82.4 cm³/mol. The monoisotopic (exact) mass is 310 g/mol. The molecule has 1 amide bonds. The largest absolute Gasteiger partial charge is 0.465 e. The summed E-state index contributed by atoms with van der Waals surface area (Å²) in [6.45, 7) is 5.62. The fourth-order valence-corrected chi connectivity index (χ4v) is 1.88. The van der Waals surface area contributed by atoms with Crippen LogP contribution in [-0.4, -0.2) is 24.2 Å². The molecule has 0 saturated heterocycles. The number of hydrogen-bond acceptors (Lipinski definition) is 4. The molecule has 1 aromatic rings. The molecule has 0 aliphatic carbocycles. The topological polar surface area (TPSA) is 67.8 Å². The van der Waals surface area contributed by atoms with Gasteiger partial charge in [0.25, 0.3) is 5.91 Å². The highest BCUT2D eigenvalue weighted by Gasteiger charge is 2.21. The van der Waals surface area contributed by atoms with Gasteiger partial charge in [0.15, 0.2) is 0 Å². The molecule has 6 heteroatoms. The van der Waals surface area contributed by atoms with Crippen molar-refractivity contribution in [3.63, 3.8) is 0 Å². The smallest absolute Gasteiger partial charge is 0.314 e. The molecular weight excluding hydrogens is 292 g/mol. The minimum Gasteiger partial charge on any atom is -0.465 e. The number of amides is 1. The van der Waals surface area contributed by atoms with E-state index in [1.807, 2.05) is 6.92 Å². The van der Waals surface area contributed by atoms with Gasteiger partial charge >= 0.3 is 5.97 Å². The molecule has 1 N–H and O–H groups in total. The first-order valence-corrected chi connectivity index (χ1v) is 7.14. The van der Waals surface area contributed by atoms with Crippen molar-refractivity contribution in [2.75, 3.05) is 6.61 Å². The average molecular weight is 311 g/mol. The maximum Gasteiger partial charge on any atom is 0.314 e. The summed E-state index contributed by atoms with van der Waals surface area (Å²) in [4.78, 5) is 23.6. The summed E-state index contributed by atoms with van der Waals surface area (Å²) in [5.74, 6) is -1.14. The van der Waals surface area contributed by atoms with Crippen LogP contribution in [0.5, 0.6) is 0 Å². The first-order chi connectivity index (χ1) is 9.99. The van der Waals surface area contributed by atoms with E-state index in [4.69, 9.17) is 16.3 Å². The van der Waals surface area contributed by atoms with Crippen LogP contribution in [0.25, 0.3) is 0 Å². The summed E-state index contributed by atoms with van der Waals surface area (Å²) >= 11 is 5.76. The molecule has 5 nitrogen and oxygen atoms in total. The highest BCUT2D eigenvalue weighted by molar-refractivity contribution is 6.30. The van der Waals surface area contributed by atoms with Gasteiger partial charge in [0.2, 0.25) is 0 Å². The predicted octanol–water partition coefficient (Wildman–Crippen LogP) is 3.04. The van der Waals surface area contributed by atoms with E-state index in [2.05, 4.69) is 10.5 Å². The summed E-state index contributed by atoms with van der Waals surface area (Å²) < 4.78 is 4.97. The normalized spacial score (nSPS) is 12.7. The maximum atomic E-state index is 11.9. The van der Waals surface area contributed by atoms with Gasteiger partial charge in [-0.2, -0.15) is 5.10 Å². The number of halogens is 1. The quantitative estimate of drug-likeness (QED) is 0.499. The Morgan fingerprint density at radius 3 is 2.43 bits per heavy atom. The van der Waals surface area contributed by atoms with Crippen LogP contribution in [0, 0.1) is 5.92 Å². The molecule has 0 aromatic heterocycles. The molecule has 114 valence electrons. The number of esters is 1. The molecule has 1 atom stereocenters. The van der Waals surface area contributed by atoms with E-state index in [0.29, 0.717) is 29.3 Å². The number of hydrogen-bond donors (Lipinski definition) is 1. The Hall–Kier alpha value is -1.88. The fourth-order valence-electron chi connectivity index (χ4n) is 1.76. The fraction of sp³-hybridized carbons (Fsp3) is 0.400. The maximum absolute atomic E-state index is 11.9. The number of nitrogens with zero attached hydrogens (tertiary/aromatic N) is 1. The third-order valence-corrected chi connectivity index (χ3v) is 3.18. The van der Waals surface area contributed by atoms with Crippen LogP contribution in [0.2, 0.25) is 5.02 Å². The second-order valence-electron chi connectivity index (χ2n) is 4.41. The van der Waals surface area contributed by atoms with Crippen LogP contribution in [0.1, 0.15) is 37.6 Å². The first kappa shape index (κ1) is 17.2. The molecule has 0 unspecified atom stereocenters. The van der Waals surface area contributed by atoms with Crippen molar-refractivity contribution in [3.05, 3.63) is 34.9 Å². The summed E-state index contributed by atoms with van der Waals surface area (Å²) in [5.41, 5.74) is 3.38. The van der Waals surface area contributed by atoms with Crippen LogP contribution < -0.4 is 5.43 Å². The molecule has 0 spiro atoms. The minimum absolute atomic E-state index is 0.319. The van der Waals surface area contributed by atoms with Crippen molar-refractivity contribution in [2.45, 2.75) is 27.2 Å². The zero-order valence-corrected chi connectivity index (χ0v) is 13.1. The van der Waals surface area contributed by atoms with E-state index in [1.165, 1.54) is 0 Å². The molecule has 21 heavy (non-hydrogen) atoms. The lowest BCUT2D eigenvalue weighted by molar-refractivity contribution is -0.145. The molecule has 0 fully saturated rings. The second kappa shape index (κ2) is 8.42. The van der Waals surface area contributed by atoms with Crippen molar-refractivity contribution in [1.29, 1.82) is 0 Å². The molecule has 0 bridgehead atoms. The van der Waals surface area contributed by atoms with E-state index in [9.17, 15) is 9.59 Å². The van der Waals surface area contributed by atoms with Crippen LogP contribution in [-0.2, 0) is 9.53 Å². The van der Waals surface area contributed by atoms with Gasteiger partial charge in [-0.15, -0.1) is 0 Å². The van der Waals surface area contributed by atoms with Crippen molar-refractivity contribution >= 4 is 29.2 Å². The third kappa shape index (κ3) is 5.19. The zero-order valence-electron chi connectivity index (χ0n) is 12.4. The molecule has 0 aliphatic heterocycles.